The molecule has 0 radical (unpaired) electrons. The number of nitrogens with zero attached hydrogens (tertiary/aromatic N) is 2. The van der Waals surface area contributed by atoms with Crippen LogP contribution in [-0.2, 0) is 26.0 Å². The molecule has 30 heavy (non-hydrogen) atoms. The van der Waals surface area contributed by atoms with Gasteiger partial charge >= 0.3 is 0 Å². The summed E-state index contributed by atoms with van der Waals surface area (Å²) < 4.78 is 34.1. The highest BCUT2D eigenvalue weighted by atomic mass is 32.2. The van der Waals surface area contributed by atoms with Crippen molar-refractivity contribution < 1.29 is 17.9 Å². The van der Waals surface area contributed by atoms with Crippen LogP contribution in [0.25, 0.3) is 5.57 Å². The van der Waals surface area contributed by atoms with Crippen molar-refractivity contribution in [2.75, 3.05) is 32.8 Å². The second kappa shape index (κ2) is 8.71. The van der Waals surface area contributed by atoms with Crippen LogP contribution in [0.15, 0.2) is 66.1 Å². The highest BCUT2D eigenvalue weighted by Crippen LogP contribution is 2.33. The van der Waals surface area contributed by atoms with Gasteiger partial charge < -0.3 is 9.64 Å². The van der Waals surface area contributed by atoms with E-state index in [1.807, 2.05) is 36.4 Å². The number of carbonyl (C=O) groups excluding carboxylic acids is 1. The lowest BCUT2D eigenvalue weighted by molar-refractivity contribution is -0.139. The van der Waals surface area contributed by atoms with E-state index < -0.39 is 16.1 Å². The van der Waals surface area contributed by atoms with Crippen molar-refractivity contribution in [3.05, 3.63) is 72.3 Å². The number of hydrogen-bond acceptors (Lipinski definition) is 4. The van der Waals surface area contributed by atoms with Crippen molar-refractivity contribution in [2.24, 2.45) is 0 Å². The Labute approximate surface area is 177 Å². The lowest BCUT2D eigenvalue weighted by atomic mass is 10.0. The van der Waals surface area contributed by atoms with Gasteiger partial charge in [0.05, 0.1) is 18.1 Å². The maximum Gasteiger partial charge on any atom is 0.244 e. The van der Waals surface area contributed by atoms with Gasteiger partial charge in [0.2, 0.25) is 15.9 Å². The second-order valence-electron chi connectivity index (χ2n) is 7.61. The van der Waals surface area contributed by atoms with Gasteiger partial charge in [-0.3, -0.25) is 4.79 Å². The van der Waals surface area contributed by atoms with Crippen LogP contribution in [-0.4, -0.2) is 62.4 Å². The van der Waals surface area contributed by atoms with Crippen LogP contribution in [0, 0.1) is 0 Å². The van der Waals surface area contributed by atoms with Gasteiger partial charge in [0.1, 0.15) is 6.04 Å². The highest BCUT2D eigenvalue weighted by Gasteiger charge is 2.40. The van der Waals surface area contributed by atoms with E-state index in [1.165, 1.54) is 4.31 Å². The normalized spacial score (nSPS) is 20.3. The van der Waals surface area contributed by atoms with Crippen molar-refractivity contribution in [1.29, 1.82) is 0 Å². The molecular formula is C23H26N2O4S. The van der Waals surface area contributed by atoms with Gasteiger partial charge in [-0.1, -0.05) is 55.1 Å². The average molecular weight is 427 g/mol. The molecule has 0 unspecified atom stereocenters. The van der Waals surface area contributed by atoms with Crippen LogP contribution in [0.5, 0.6) is 0 Å². The Hall–Kier alpha value is -2.48. The van der Waals surface area contributed by atoms with Crippen LogP contribution in [0.2, 0.25) is 0 Å². The zero-order chi connectivity index (χ0) is 21.1. The van der Waals surface area contributed by atoms with Crippen LogP contribution in [0.1, 0.15) is 17.5 Å². The molecule has 0 spiro atoms. The summed E-state index contributed by atoms with van der Waals surface area (Å²) in [5, 5.41) is 0. The molecule has 0 saturated carbocycles. The fourth-order valence-electron chi connectivity index (χ4n) is 4.08. The quantitative estimate of drug-likeness (QED) is 0.754. The number of morpholine rings is 1. The number of carbonyl (C=O) groups is 1. The molecule has 1 amide bonds. The smallest absolute Gasteiger partial charge is 0.244 e. The number of fused-ring (bicyclic) bond motifs is 1. The maximum absolute atomic E-state index is 13.7. The Bertz CT molecular complexity index is 1030. The molecule has 1 saturated heterocycles. The number of amides is 1. The fraction of sp³-hybridized carbons (Fsp3) is 0.348. The van der Waals surface area contributed by atoms with Gasteiger partial charge in [0.25, 0.3) is 0 Å². The molecule has 0 aliphatic carbocycles. The van der Waals surface area contributed by atoms with Crippen LogP contribution in [0.4, 0.5) is 0 Å². The van der Waals surface area contributed by atoms with Crippen molar-refractivity contribution in [1.82, 2.24) is 9.21 Å². The molecule has 2 aliphatic rings. The molecule has 7 heteroatoms. The first-order valence-electron chi connectivity index (χ1n) is 10.2. The number of benzene rings is 2. The lowest BCUT2D eigenvalue weighted by Crippen LogP contribution is -2.54. The van der Waals surface area contributed by atoms with E-state index in [9.17, 15) is 13.2 Å². The molecule has 0 bridgehead atoms. The Morgan fingerprint density at radius 1 is 1.00 bits per heavy atom. The molecule has 1 fully saturated rings. The van der Waals surface area contributed by atoms with Gasteiger partial charge in [-0.25, -0.2) is 8.42 Å². The number of hydrogen-bond donors (Lipinski definition) is 0. The average Bonchev–Trinajstić information content (AvgIpc) is 2.88. The summed E-state index contributed by atoms with van der Waals surface area (Å²) in [6.07, 6.45) is 0.808. The SMILES string of the molecule is C=C1CCN([C@@H](Cc2ccccc2)C(=O)N2CCOCC2)S(=O)(=O)c2ccccc21. The highest BCUT2D eigenvalue weighted by molar-refractivity contribution is 7.89. The number of sulfonamides is 1. The third-order valence-electron chi connectivity index (χ3n) is 5.72. The van der Waals surface area contributed by atoms with E-state index in [2.05, 4.69) is 6.58 Å². The van der Waals surface area contributed by atoms with Crippen LogP contribution >= 0.6 is 0 Å². The first kappa shape index (κ1) is 20.8. The van der Waals surface area contributed by atoms with Crippen molar-refractivity contribution in [3.8, 4) is 0 Å². The van der Waals surface area contributed by atoms with Crippen LogP contribution in [0.3, 0.4) is 0 Å². The molecule has 1 atom stereocenters. The zero-order valence-electron chi connectivity index (χ0n) is 16.9. The van der Waals surface area contributed by atoms with E-state index in [0.29, 0.717) is 44.7 Å². The Kier molecular flexibility index (Phi) is 6.04. The number of rotatable bonds is 4. The molecule has 4 rings (SSSR count). The van der Waals surface area contributed by atoms with Crippen LogP contribution < -0.4 is 0 Å². The summed E-state index contributed by atoms with van der Waals surface area (Å²) in [6, 6.07) is 15.7. The molecule has 2 aliphatic heterocycles. The largest absolute Gasteiger partial charge is 0.378 e. The summed E-state index contributed by atoms with van der Waals surface area (Å²) in [6.45, 7) is 6.20. The van der Waals surface area contributed by atoms with E-state index in [4.69, 9.17) is 4.74 Å². The monoisotopic (exact) mass is 426 g/mol. The third kappa shape index (κ3) is 4.05. The van der Waals surface area contributed by atoms with E-state index in [1.54, 1.807) is 23.1 Å². The molecule has 158 valence electrons. The minimum atomic E-state index is -3.86. The summed E-state index contributed by atoms with van der Waals surface area (Å²) >= 11 is 0. The Morgan fingerprint density at radius 3 is 2.40 bits per heavy atom. The Balaban J connectivity index is 1.75. The van der Waals surface area contributed by atoms with Gasteiger partial charge in [-0.15, -0.1) is 0 Å². The third-order valence-corrected chi connectivity index (χ3v) is 7.68. The predicted molar refractivity (Wildman–Crippen MR) is 115 cm³/mol. The standard InChI is InChI=1S/C23H26N2O4S/c1-18-11-12-25(30(27,28)22-10-6-5-9-20(18)22)21(17-19-7-3-2-4-8-19)23(26)24-13-15-29-16-14-24/h2-10,21H,1,11-17H2/t21-/m0/s1. The second-order valence-corrected chi connectivity index (χ2v) is 9.47. The summed E-state index contributed by atoms with van der Waals surface area (Å²) in [5.41, 5.74) is 2.34. The Morgan fingerprint density at radius 2 is 1.67 bits per heavy atom. The van der Waals surface area contributed by atoms with Gasteiger partial charge in [0, 0.05) is 19.6 Å². The number of ether oxygens (including phenoxy) is 1. The molecular weight excluding hydrogens is 400 g/mol. The minimum Gasteiger partial charge on any atom is -0.378 e. The zero-order valence-corrected chi connectivity index (χ0v) is 17.7. The molecule has 0 aromatic heterocycles. The minimum absolute atomic E-state index is 0.171. The maximum atomic E-state index is 13.7. The summed E-state index contributed by atoms with van der Waals surface area (Å²) in [4.78, 5) is 15.5. The molecule has 6 nitrogen and oxygen atoms in total. The first-order chi connectivity index (χ1) is 14.5. The van der Waals surface area contributed by atoms with Gasteiger partial charge in [0.15, 0.2) is 0 Å². The first-order valence-corrected chi connectivity index (χ1v) is 11.6. The van der Waals surface area contributed by atoms with Crippen molar-refractivity contribution in [2.45, 2.75) is 23.8 Å². The predicted octanol–water partition coefficient (Wildman–Crippen LogP) is 2.56. The van der Waals surface area contributed by atoms with Crippen molar-refractivity contribution in [3.63, 3.8) is 0 Å². The molecule has 0 N–H and O–H groups in total. The van der Waals surface area contributed by atoms with E-state index >= 15 is 0 Å². The summed E-state index contributed by atoms with van der Waals surface area (Å²) in [7, 11) is -3.86. The van der Waals surface area contributed by atoms with Gasteiger partial charge in [-0.2, -0.15) is 4.31 Å². The van der Waals surface area contributed by atoms with E-state index in [0.717, 1.165) is 11.1 Å². The topological polar surface area (TPSA) is 66.9 Å². The molecule has 2 heterocycles. The summed E-state index contributed by atoms with van der Waals surface area (Å²) in [5.74, 6) is -0.171. The molecule has 2 aromatic carbocycles. The van der Waals surface area contributed by atoms with E-state index in [-0.39, 0.29) is 17.3 Å². The van der Waals surface area contributed by atoms with Gasteiger partial charge in [-0.05, 0) is 35.6 Å². The molecule has 2 aromatic rings. The fourth-order valence-corrected chi connectivity index (χ4v) is 5.90. The van der Waals surface area contributed by atoms with Crippen molar-refractivity contribution >= 4 is 21.5 Å². The lowest BCUT2D eigenvalue weighted by Gasteiger charge is -2.35.